The van der Waals surface area contributed by atoms with E-state index in [1.165, 1.54) is 0 Å². The van der Waals surface area contributed by atoms with Gasteiger partial charge in [-0.1, -0.05) is 5.57 Å². The molecule has 0 aromatic carbocycles. The predicted octanol–water partition coefficient (Wildman–Crippen LogP) is 0.653. The van der Waals surface area contributed by atoms with Gasteiger partial charge in [0.15, 0.2) is 6.29 Å². The zero-order valence-corrected chi connectivity index (χ0v) is 5.09. The van der Waals surface area contributed by atoms with Gasteiger partial charge in [-0.25, -0.2) is 0 Å². The van der Waals surface area contributed by atoms with Crippen molar-refractivity contribution in [3.05, 3.63) is 12.2 Å². The van der Waals surface area contributed by atoms with Crippen molar-refractivity contribution in [1.29, 1.82) is 0 Å². The normalized spacial score (nSPS) is 10.0. The minimum Gasteiger partial charge on any atom is -0.368 e. The van der Waals surface area contributed by atoms with Crippen molar-refractivity contribution in [1.82, 2.24) is 0 Å². The summed E-state index contributed by atoms with van der Waals surface area (Å²) in [4.78, 5) is 0. The van der Waals surface area contributed by atoms with Crippen molar-refractivity contribution in [3.63, 3.8) is 0 Å². The molecule has 0 fully saturated rings. The second-order valence-electron chi connectivity index (χ2n) is 1.98. The molecule has 8 heavy (non-hydrogen) atoms. The second kappa shape index (κ2) is 3.64. The van der Waals surface area contributed by atoms with E-state index in [0.717, 1.165) is 5.57 Å². The first-order chi connectivity index (χ1) is 3.63. The summed E-state index contributed by atoms with van der Waals surface area (Å²) < 4.78 is 0. The molecule has 2 nitrogen and oxygen atoms in total. The summed E-state index contributed by atoms with van der Waals surface area (Å²) in [5.41, 5.74) is 0.984. The van der Waals surface area contributed by atoms with Crippen molar-refractivity contribution >= 4 is 0 Å². The van der Waals surface area contributed by atoms with Crippen molar-refractivity contribution in [2.75, 3.05) is 0 Å². The average molecular weight is 116 g/mol. The molecule has 0 aliphatic heterocycles. The standard InChI is InChI=1S/C6H12O2/c1-5(2)3-4-6(7)8/h6-8H,1,3-4H2,2H3. The Morgan fingerprint density at radius 1 is 1.62 bits per heavy atom. The first-order valence-electron chi connectivity index (χ1n) is 2.63. The van der Waals surface area contributed by atoms with Crippen molar-refractivity contribution in [2.45, 2.75) is 26.1 Å². The molecule has 2 heteroatoms. The fraction of sp³-hybridized carbons (Fsp3) is 0.667. The van der Waals surface area contributed by atoms with Crippen LogP contribution in [0.4, 0.5) is 0 Å². The van der Waals surface area contributed by atoms with Crippen LogP contribution in [0, 0.1) is 0 Å². The monoisotopic (exact) mass is 116 g/mol. The number of allylic oxidation sites excluding steroid dienone is 1. The first-order valence-corrected chi connectivity index (χ1v) is 2.63. The molecule has 0 rings (SSSR count). The molecule has 0 bridgehead atoms. The Bertz CT molecular complexity index is 76.6. The fourth-order valence-corrected chi connectivity index (χ4v) is 0.375. The molecule has 0 aliphatic rings. The lowest BCUT2D eigenvalue weighted by molar-refractivity contribution is -0.0446. The van der Waals surface area contributed by atoms with Gasteiger partial charge in [0.25, 0.3) is 0 Å². The van der Waals surface area contributed by atoms with Gasteiger partial charge in [-0.15, -0.1) is 6.58 Å². The summed E-state index contributed by atoms with van der Waals surface area (Å²) in [6.45, 7) is 5.47. The van der Waals surface area contributed by atoms with Gasteiger partial charge in [0, 0.05) is 6.42 Å². The largest absolute Gasteiger partial charge is 0.368 e. The molecule has 0 unspecified atom stereocenters. The van der Waals surface area contributed by atoms with Crippen LogP contribution >= 0.6 is 0 Å². The molecule has 0 aliphatic carbocycles. The maximum Gasteiger partial charge on any atom is 0.151 e. The van der Waals surface area contributed by atoms with Gasteiger partial charge in [0.05, 0.1) is 0 Å². The molecule has 0 saturated heterocycles. The Balaban J connectivity index is 3.05. The van der Waals surface area contributed by atoms with E-state index in [2.05, 4.69) is 6.58 Å². The highest BCUT2D eigenvalue weighted by Crippen LogP contribution is 2.01. The Kier molecular flexibility index (Phi) is 3.48. The van der Waals surface area contributed by atoms with E-state index >= 15 is 0 Å². The van der Waals surface area contributed by atoms with Gasteiger partial charge in [0.2, 0.25) is 0 Å². The molecule has 2 N–H and O–H groups in total. The quantitative estimate of drug-likeness (QED) is 0.420. The van der Waals surface area contributed by atoms with Crippen LogP contribution in [0.1, 0.15) is 19.8 Å². The van der Waals surface area contributed by atoms with Crippen LogP contribution < -0.4 is 0 Å². The lowest BCUT2D eigenvalue weighted by Crippen LogP contribution is -2.02. The zero-order chi connectivity index (χ0) is 6.57. The van der Waals surface area contributed by atoms with E-state index in [0.29, 0.717) is 12.8 Å². The van der Waals surface area contributed by atoms with Gasteiger partial charge in [0.1, 0.15) is 0 Å². The highest BCUT2D eigenvalue weighted by molar-refractivity contribution is 4.87. The summed E-state index contributed by atoms with van der Waals surface area (Å²) in [7, 11) is 0. The van der Waals surface area contributed by atoms with Crippen LogP contribution in [0.25, 0.3) is 0 Å². The number of rotatable bonds is 3. The maximum atomic E-state index is 8.32. The molecule has 48 valence electrons. The average Bonchev–Trinajstić information content (AvgIpc) is 1.61. The topological polar surface area (TPSA) is 40.5 Å². The third-order valence-electron chi connectivity index (χ3n) is 0.829. The van der Waals surface area contributed by atoms with Gasteiger partial charge < -0.3 is 10.2 Å². The molecule has 0 saturated carbocycles. The number of aliphatic hydroxyl groups excluding tert-OH is 1. The van der Waals surface area contributed by atoms with Crippen molar-refractivity contribution in [3.8, 4) is 0 Å². The van der Waals surface area contributed by atoms with Crippen LogP contribution in [0.2, 0.25) is 0 Å². The molecule has 0 aromatic rings. The molecular weight excluding hydrogens is 104 g/mol. The molecular formula is C6H12O2. The zero-order valence-electron chi connectivity index (χ0n) is 5.09. The Hall–Kier alpha value is -0.340. The lowest BCUT2D eigenvalue weighted by atomic mass is 10.2. The summed E-state index contributed by atoms with van der Waals surface area (Å²) >= 11 is 0. The Labute approximate surface area is 49.5 Å². The van der Waals surface area contributed by atoms with E-state index in [1.54, 1.807) is 0 Å². The third kappa shape index (κ3) is 5.66. The van der Waals surface area contributed by atoms with Crippen LogP contribution in [0.15, 0.2) is 12.2 Å². The third-order valence-corrected chi connectivity index (χ3v) is 0.829. The van der Waals surface area contributed by atoms with Gasteiger partial charge in [-0.3, -0.25) is 0 Å². The highest BCUT2D eigenvalue weighted by atomic mass is 16.5. The van der Waals surface area contributed by atoms with Gasteiger partial charge in [-0.05, 0) is 13.3 Å². The van der Waals surface area contributed by atoms with Crippen LogP contribution in [-0.4, -0.2) is 16.5 Å². The Morgan fingerprint density at radius 3 is 2.25 bits per heavy atom. The molecule has 0 heterocycles. The van der Waals surface area contributed by atoms with E-state index in [1.807, 2.05) is 6.92 Å². The smallest absolute Gasteiger partial charge is 0.151 e. The molecule has 0 atom stereocenters. The van der Waals surface area contributed by atoms with Crippen molar-refractivity contribution in [2.24, 2.45) is 0 Å². The number of hydrogen-bond acceptors (Lipinski definition) is 2. The summed E-state index contributed by atoms with van der Waals surface area (Å²) in [6.07, 6.45) is -0.0841. The van der Waals surface area contributed by atoms with E-state index < -0.39 is 6.29 Å². The van der Waals surface area contributed by atoms with Crippen molar-refractivity contribution < 1.29 is 10.2 Å². The lowest BCUT2D eigenvalue weighted by Gasteiger charge is -2.00. The minimum absolute atomic E-state index is 0.398. The number of hydrogen-bond donors (Lipinski definition) is 2. The van der Waals surface area contributed by atoms with Gasteiger partial charge in [-0.2, -0.15) is 0 Å². The van der Waals surface area contributed by atoms with Crippen LogP contribution in [0.5, 0.6) is 0 Å². The molecule has 0 amide bonds. The summed E-state index contributed by atoms with van der Waals surface area (Å²) in [5.74, 6) is 0. The summed E-state index contributed by atoms with van der Waals surface area (Å²) in [5, 5.41) is 16.6. The first kappa shape index (κ1) is 7.66. The summed E-state index contributed by atoms with van der Waals surface area (Å²) in [6, 6.07) is 0. The molecule has 0 radical (unpaired) electrons. The number of aliphatic hydroxyl groups is 2. The predicted molar refractivity (Wildman–Crippen MR) is 32.3 cm³/mol. The minimum atomic E-state index is -1.17. The SMILES string of the molecule is C=C(C)CCC(O)O. The van der Waals surface area contributed by atoms with Crippen LogP contribution in [-0.2, 0) is 0 Å². The fourth-order valence-electron chi connectivity index (χ4n) is 0.375. The van der Waals surface area contributed by atoms with Crippen LogP contribution in [0.3, 0.4) is 0 Å². The van der Waals surface area contributed by atoms with E-state index in [9.17, 15) is 0 Å². The van der Waals surface area contributed by atoms with Gasteiger partial charge >= 0.3 is 0 Å². The molecule has 0 aromatic heterocycles. The van der Waals surface area contributed by atoms with E-state index in [4.69, 9.17) is 10.2 Å². The Morgan fingerprint density at radius 2 is 2.12 bits per heavy atom. The highest BCUT2D eigenvalue weighted by Gasteiger charge is 1.94. The molecule has 0 spiro atoms. The maximum absolute atomic E-state index is 8.32. The van der Waals surface area contributed by atoms with E-state index in [-0.39, 0.29) is 0 Å². The second-order valence-corrected chi connectivity index (χ2v) is 1.98.